The highest BCUT2D eigenvalue weighted by Crippen LogP contribution is 2.25. The number of nitrogens with zero attached hydrogens (tertiary/aromatic N) is 2. The van der Waals surface area contributed by atoms with E-state index in [1.807, 2.05) is 18.2 Å². The molecule has 0 unspecified atom stereocenters. The number of aromatic nitrogens is 1. The number of aryl methyl sites for hydroxylation is 1. The molecule has 0 aliphatic heterocycles. The summed E-state index contributed by atoms with van der Waals surface area (Å²) < 4.78 is 0. The maximum Gasteiger partial charge on any atom is 0.224 e. The molecular formula is C22H31N3O2. The molecular weight excluding hydrogens is 338 g/mol. The molecule has 2 rings (SSSR count). The number of carbonyl (C=O) groups excluding carboxylic acids is 2. The Morgan fingerprint density at radius 2 is 2.19 bits per heavy atom. The fourth-order valence-electron chi connectivity index (χ4n) is 3.82. The van der Waals surface area contributed by atoms with Crippen molar-refractivity contribution < 1.29 is 9.59 Å². The summed E-state index contributed by atoms with van der Waals surface area (Å²) in [7, 11) is 0. The molecule has 1 aromatic heterocycles. The number of rotatable bonds is 9. The van der Waals surface area contributed by atoms with Gasteiger partial charge in [0, 0.05) is 30.1 Å². The minimum Gasteiger partial charge on any atom is -0.340 e. The molecule has 5 heteroatoms. The van der Waals surface area contributed by atoms with Gasteiger partial charge in [0.05, 0.1) is 6.07 Å². The van der Waals surface area contributed by atoms with Crippen LogP contribution < -0.4 is 5.32 Å². The van der Waals surface area contributed by atoms with Crippen molar-refractivity contribution in [2.24, 2.45) is 17.8 Å². The van der Waals surface area contributed by atoms with Crippen molar-refractivity contribution in [3.05, 3.63) is 30.1 Å². The number of pyridine rings is 1. The van der Waals surface area contributed by atoms with Crippen LogP contribution in [0.2, 0.25) is 0 Å². The maximum absolute atomic E-state index is 12.8. The lowest BCUT2D eigenvalue weighted by Crippen LogP contribution is -2.41. The van der Waals surface area contributed by atoms with Crippen molar-refractivity contribution in [3.8, 4) is 6.07 Å². The fraction of sp³-hybridized carbons (Fsp3) is 0.636. The van der Waals surface area contributed by atoms with Crippen molar-refractivity contribution in [2.45, 2.75) is 71.3 Å². The van der Waals surface area contributed by atoms with Crippen molar-refractivity contribution in [2.75, 3.05) is 0 Å². The highest BCUT2D eigenvalue weighted by Gasteiger charge is 2.28. The molecule has 0 aromatic carbocycles. The first-order valence-electron chi connectivity index (χ1n) is 10.1. The van der Waals surface area contributed by atoms with Crippen LogP contribution in [0.5, 0.6) is 0 Å². The lowest BCUT2D eigenvalue weighted by molar-refractivity contribution is -0.128. The molecule has 0 spiro atoms. The van der Waals surface area contributed by atoms with Gasteiger partial charge in [-0.05, 0) is 56.6 Å². The van der Waals surface area contributed by atoms with Crippen LogP contribution in [0.1, 0.15) is 64.5 Å². The molecule has 5 nitrogen and oxygen atoms in total. The van der Waals surface area contributed by atoms with Crippen molar-refractivity contribution in [1.29, 1.82) is 5.26 Å². The zero-order chi connectivity index (χ0) is 19.6. The third-order valence-corrected chi connectivity index (χ3v) is 5.28. The predicted molar refractivity (Wildman–Crippen MR) is 105 cm³/mol. The Bertz CT molecular complexity index is 651. The Balaban J connectivity index is 1.93. The molecule has 1 fully saturated rings. The molecule has 1 saturated carbocycles. The zero-order valence-corrected chi connectivity index (χ0v) is 16.5. The van der Waals surface area contributed by atoms with Crippen LogP contribution >= 0.6 is 0 Å². The van der Waals surface area contributed by atoms with E-state index in [1.165, 1.54) is 0 Å². The summed E-state index contributed by atoms with van der Waals surface area (Å²) in [5, 5.41) is 12.4. The summed E-state index contributed by atoms with van der Waals surface area (Å²) in [6.45, 7) is 4.20. The largest absolute Gasteiger partial charge is 0.340 e. The lowest BCUT2D eigenvalue weighted by atomic mass is 9.83. The van der Waals surface area contributed by atoms with Crippen molar-refractivity contribution in [1.82, 2.24) is 10.3 Å². The minimum absolute atomic E-state index is 0.0746. The van der Waals surface area contributed by atoms with Gasteiger partial charge in [0.15, 0.2) is 0 Å². The Morgan fingerprint density at radius 3 is 2.81 bits per heavy atom. The summed E-state index contributed by atoms with van der Waals surface area (Å²) in [5.41, 5.74) is 0.976. The molecule has 0 saturated heterocycles. The Morgan fingerprint density at radius 1 is 1.37 bits per heavy atom. The summed E-state index contributed by atoms with van der Waals surface area (Å²) in [4.78, 5) is 29.2. The first-order valence-corrected chi connectivity index (χ1v) is 10.1. The molecule has 1 aliphatic carbocycles. The zero-order valence-electron chi connectivity index (χ0n) is 16.5. The molecule has 0 radical (unpaired) electrons. The lowest BCUT2D eigenvalue weighted by Gasteiger charge is -2.25. The SMILES string of the molecule is CC(C)C[C@H](CCc1ccccn1)C(=O)N[C@H](C#N)C[C@@H]1CCCCC1=O. The third-order valence-electron chi connectivity index (χ3n) is 5.28. The number of nitriles is 1. The molecule has 27 heavy (non-hydrogen) atoms. The number of hydrogen-bond acceptors (Lipinski definition) is 4. The maximum atomic E-state index is 12.8. The van der Waals surface area contributed by atoms with E-state index in [9.17, 15) is 14.9 Å². The van der Waals surface area contributed by atoms with Gasteiger partial charge in [-0.25, -0.2) is 0 Å². The van der Waals surface area contributed by atoms with Crippen LogP contribution in [-0.4, -0.2) is 22.7 Å². The molecule has 0 bridgehead atoms. The van der Waals surface area contributed by atoms with E-state index in [0.29, 0.717) is 25.2 Å². The Hall–Kier alpha value is -2.22. The van der Waals surface area contributed by atoms with Crippen LogP contribution in [0.15, 0.2) is 24.4 Å². The summed E-state index contributed by atoms with van der Waals surface area (Å²) in [5.74, 6) is 0.328. The second-order valence-corrected chi connectivity index (χ2v) is 8.02. The molecule has 1 amide bonds. The second-order valence-electron chi connectivity index (χ2n) is 8.02. The average molecular weight is 370 g/mol. The van der Waals surface area contributed by atoms with Gasteiger partial charge in [0.2, 0.25) is 5.91 Å². The highest BCUT2D eigenvalue weighted by atomic mass is 16.2. The van der Waals surface area contributed by atoms with Crippen molar-refractivity contribution in [3.63, 3.8) is 0 Å². The molecule has 1 aliphatic rings. The second kappa shape index (κ2) is 10.8. The molecule has 1 aromatic rings. The van der Waals surface area contributed by atoms with Gasteiger partial charge in [-0.15, -0.1) is 0 Å². The number of ketones is 1. The van der Waals surface area contributed by atoms with Crippen LogP contribution in [0.4, 0.5) is 0 Å². The highest BCUT2D eigenvalue weighted by molar-refractivity contribution is 5.82. The van der Waals surface area contributed by atoms with Crippen LogP contribution in [0.3, 0.4) is 0 Å². The smallest absolute Gasteiger partial charge is 0.224 e. The van der Waals surface area contributed by atoms with E-state index in [-0.39, 0.29) is 23.5 Å². The quantitative estimate of drug-likeness (QED) is 0.717. The number of carbonyl (C=O) groups is 2. The van der Waals surface area contributed by atoms with Crippen LogP contribution in [0, 0.1) is 29.1 Å². The molecule has 1 N–H and O–H groups in total. The van der Waals surface area contributed by atoms with E-state index in [0.717, 1.165) is 37.8 Å². The van der Waals surface area contributed by atoms with E-state index in [1.54, 1.807) is 6.20 Å². The van der Waals surface area contributed by atoms with Crippen LogP contribution in [-0.2, 0) is 16.0 Å². The first kappa shape index (κ1) is 21.1. The number of hydrogen-bond donors (Lipinski definition) is 1. The van der Waals surface area contributed by atoms with E-state index >= 15 is 0 Å². The Labute approximate surface area is 162 Å². The summed E-state index contributed by atoms with van der Waals surface area (Å²) >= 11 is 0. The Kier molecular flexibility index (Phi) is 8.44. The first-order chi connectivity index (χ1) is 13.0. The molecule has 146 valence electrons. The average Bonchev–Trinajstić information content (AvgIpc) is 2.66. The summed E-state index contributed by atoms with van der Waals surface area (Å²) in [6, 6.07) is 7.40. The normalized spacial score (nSPS) is 19.3. The monoisotopic (exact) mass is 369 g/mol. The molecule has 3 atom stereocenters. The van der Waals surface area contributed by atoms with Gasteiger partial charge < -0.3 is 5.32 Å². The fourth-order valence-corrected chi connectivity index (χ4v) is 3.82. The van der Waals surface area contributed by atoms with Gasteiger partial charge in [0.25, 0.3) is 0 Å². The van der Waals surface area contributed by atoms with Crippen LogP contribution in [0.25, 0.3) is 0 Å². The van der Waals surface area contributed by atoms with E-state index < -0.39 is 6.04 Å². The third kappa shape index (κ3) is 7.13. The van der Waals surface area contributed by atoms with Crippen molar-refractivity contribution >= 4 is 11.7 Å². The van der Waals surface area contributed by atoms with E-state index in [2.05, 4.69) is 30.2 Å². The number of amides is 1. The predicted octanol–water partition coefficient (Wildman–Crippen LogP) is 3.83. The van der Waals surface area contributed by atoms with Gasteiger partial charge in [-0.2, -0.15) is 5.26 Å². The number of Topliss-reactive ketones (excluding diaryl/α,β-unsaturated/α-hetero) is 1. The van der Waals surface area contributed by atoms with Gasteiger partial charge in [-0.3, -0.25) is 14.6 Å². The summed E-state index contributed by atoms with van der Waals surface area (Å²) in [6.07, 6.45) is 7.85. The van der Waals surface area contributed by atoms with E-state index in [4.69, 9.17) is 0 Å². The molecule has 1 heterocycles. The van der Waals surface area contributed by atoms with Gasteiger partial charge in [0.1, 0.15) is 11.8 Å². The topological polar surface area (TPSA) is 82.8 Å². The van der Waals surface area contributed by atoms with Gasteiger partial charge in [-0.1, -0.05) is 26.3 Å². The number of nitrogens with one attached hydrogen (secondary N) is 1. The minimum atomic E-state index is -0.589. The standard InChI is InChI=1S/C22H31N3O2/c1-16(2)13-18(10-11-19-8-5-6-12-24-19)22(27)25-20(15-23)14-17-7-3-4-9-21(17)26/h5-6,8,12,16-18,20H,3-4,7,9-11,13-14H2,1-2H3,(H,25,27)/t17-,18-,20-/m0/s1. The van der Waals surface area contributed by atoms with Gasteiger partial charge >= 0.3 is 0 Å².